The number of methoxy groups -OCH3 is 1. The Hall–Kier alpha value is -2.33. The molecule has 0 fully saturated rings. The fourth-order valence-electron chi connectivity index (χ4n) is 2.23. The average molecular weight is 298 g/mol. The first-order chi connectivity index (χ1) is 10.6. The van der Waals surface area contributed by atoms with Crippen molar-refractivity contribution < 1.29 is 9.53 Å². The zero-order valence-electron chi connectivity index (χ0n) is 13.0. The van der Waals surface area contributed by atoms with E-state index in [1.54, 1.807) is 7.11 Å². The average Bonchev–Trinajstić information content (AvgIpc) is 2.53. The summed E-state index contributed by atoms with van der Waals surface area (Å²) in [5, 5.41) is 2.91. The predicted octanol–water partition coefficient (Wildman–Crippen LogP) is 3.43. The van der Waals surface area contributed by atoms with Crippen LogP contribution in [0.4, 0.5) is 5.69 Å². The molecule has 0 spiro atoms. The molecule has 3 N–H and O–H groups in total. The maximum Gasteiger partial charge on any atom is 0.224 e. The molecule has 22 heavy (non-hydrogen) atoms. The summed E-state index contributed by atoms with van der Waals surface area (Å²) in [7, 11) is 1.65. The fraction of sp³-hybridized carbons (Fsp3) is 0.278. The van der Waals surface area contributed by atoms with Gasteiger partial charge in [0.2, 0.25) is 5.91 Å². The highest BCUT2D eigenvalue weighted by molar-refractivity contribution is 5.91. The number of carbonyl (C=O) groups is 1. The second-order valence-electron chi connectivity index (χ2n) is 5.35. The summed E-state index contributed by atoms with van der Waals surface area (Å²) < 4.78 is 5.38. The van der Waals surface area contributed by atoms with Gasteiger partial charge in [0, 0.05) is 23.7 Å². The van der Waals surface area contributed by atoms with Gasteiger partial charge >= 0.3 is 0 Å². The molecule has 0 aliphatic carbocycles. The molecule has 1 unspecified atom stereocenters. The third-order valence-corrected chi connectivity index (χ3v) is 3.39. The Balaban J connectivity index is 2.15. The van der Waals surface area contributed by atoms with Gasteiger partial charge in [0.25, 0.3) is 0 Å². The van der Waals surface area contributed by atoms with Crippen LogP contribution in [-0.2, 0) is 4.79 Å². The summed E-state index contributed by atoms with van der Waals surface area (Å²) in [6, 6.07) is 15.6. The molecule has 4 heteroatoms. The number of anilines is 1. The van der Waals surface area contributed by atoms with Crippen LogP contribution in [0, 0.1) is 0 Å². The molecule has 4 nitrogen and oxygen atoms in total. The van der Waals surface area contributed by atoms with E-state index in [4.69, 9.17) is 10.5 Å². The lowest BCUT2D eigenvalue weighted by atomic mass is 10.0. The van der Waals surface area contributed by atoms with Crippen LogP contribution < -0.4 is 15.8 Å². The maximum atomic E-state index is 11.9. The van der Waals surface area contributed by atoms with Crippen molar-refractivity contribution in [3.05, 3.63) is 48.5 Å². The standard InChI is InChI=1S/C18H22N2O2/c1-13(19)10-11-18(21)20-15-7-5-6-14(12-15)16-8-3-4-9-17(16)22-2/h3-9,12-13H,10-11,19H2,1-2H3,(H,20,21). The van der Waals surface area contributed by atoms with Crippen molar-refractivity contribution in [3.8, 4) is 16.9 Å². The molecule has 1 atom stereocenters. The van der Waals surface area contributed by atoms with E-state index in [-0.39, 0.29) is 11.9 Å². The maximum absolute atomic E-state index is 11.9. The molecule has 0 aromatic heterocycles. The van der Waals surface area contributed by atoms with E-state index in [9.17, 15) is 4.79 Å². The summed E-state index contributed by atoms with van der Waals surface area (Å²) in [5.41, 5.74) is 8.45. The normalized spacial score (nSPS) is 11.8. The number of nitrogens with one attached hydrogen (secondary N) is 1. The van der Waals surface area contributed by atoms with Crippen molar-refractivity contribution in [2.45, 2.75) is 25.8 Å². The molecule has 0 bridgehead atoms. The first-order valence-corrected chi connectivity index (χ1v) is 7.39. The molecule has 2 aromatic rings. The lowest BCUT2D eigenvalue weighted by molar-refractivity contribution is -0.116. The van der Waals surface area contributed by atoms with E-state index < -0.39 is 0 Å². The molecule has 0 heterocycles. The van der Waals surface area contributed by atoms with Gasteiger partial charge in [0.1, 0.15) is 5.75 Å². The highest BCUT2D eigenvalue weighted by Gasteiger charge is 2.08. The number of hydrogen-bond acceptors (Lipinski definition) is 3. The summed E-state index contributed by atoms with van der Waals surface area (Å²) >= 11 is 0. The van der Waals surface area contributed by atoms with E-state index in [0.717, 1.165) is 22.6 Å². The largest absolute Gasteiger partial charge is 0.496 e. The Labute approximate surface area is 131 Å². The highest BCUT2D eigenvalue weighted by atomic mass is 16.5. The second kappa shape index (κ2) is 7.61. The summed E-state index contributed by atoms with van der Waals surface area (Å²) in [5.74, 6) is 0.789. The van der Waals surface area contributed by atoms with Crippen LogP contribution >= 0.6 is 0 Å². The van der Waals surface area contributed by atoms with Crippen LogP contribution in [0.25, 0.3) is 11.1 Å². The van der Waals surface area contributed by atoms with Crippen molar-refractivity contribution in [1.29, 1.82) is 0 Å². The van der Waals surface area contributed by atoms with Gasteiger partial charge < -0.3 is 15.8 Å². The molecule has 0 aliphatic rings. The highest BCUT2D eigenvalue weighted by Crippen LogP contribution is 2.30. The molecule has 2 aromatic carbocycles. The van der Waals surface area contributed by atoms with Crippen LogP contribution in [0.2, 0.25) is 0 Å². The van der Waals surface area contributed by atoms with E-state index in [2.05, 4.69) is 5.32 Å². The van der Waals surface area contributed by atoms with Gasteiger partial charge in [0.15, 0.2) is 0 Å². The molecular weight excluding hydrogens is 276 g/mol. The van der Waals surface area contributed by atoms with Gasteiger partial charge in [-0.15, -0.1) is 0 Å². The topological polar surface area (TPSA) is 64.3 Å². The summed E-state index contributed by atoms with van der Waals surface area (Å²) in [4.78, 5) is 11.9. The fourth-order valence-corrected chi connectivity index (χ4v) is 2.23. The number of carbonyl (C=O) groups excluding carboxylic acids is 1. The zero-order valence-corrected chi connectivity index (χ0v) is 13.0. The zero-order chi connectivity index (χ0) is 15.9. The van der Waals surface area contributed by atoms with Crippen molar-refractivity contribution >= 4 is 11.6 Å². The first-order valence-electron chi connectivity index (χ1n) is 7.39. The SMILES string of the molecule is COc1ccccc1-c1cccc(NC(=O)CCC(C)N)c1. The van der Waals surface area contributed by atoms with Gasteiger partial charge in [-0.3, -0.25) is 4.79 Å². The molecule has 2 rings (SSSR count). The number of ether oxygens (including phenoxy) is 1. The predicted molar refractivity (Wildman–Crippen MR) is 89.9 cm³/mol. The molecule has 0 radical (unpaired) electrons. The Kier molecular flexibility index (Phi) is 5.55. The van der Waals surface area contributed by atoms with Crippen molar-refractivity contribution in [3.63, 3.8) is 0 Å². The lowest BCUT2D eigenvalue weighted by Gasteiger charge is -2.11. The number of para-hydroxylation sites is 1. The van der Waals surface area contributed by atoms with Crippen LogP contribution in [-0.4, -0.2) is 19.1 Å². The smallest absolute Gasteiger partial charge is 0.224 e. The summed E-state index contributed by atoms with van der Waals surface area (Å²) in [6.07, 6.45) is 1.11. The molecule has 116 valence electrons. The Bertz CT molecular complexity index is 638. The van der Waals surface area contributed by atoms with Crippen LogP contribution in [0.1, 0.15) is 19.8 Å². The molecule has 0 aliphatic heterocycles. The van der Waals surface area contributed by atoms with Gasteiger partial charge in [-0.25, -0.2) is 0 Å². The minimum Gasteiger partial charge on any atom is -0.496 e. The number of hydrogen-bond donors (Lipinski definition) is 2. The van der Waals surface area contributed by atoms with Gasteiger partial charge in [-0.1, -0.05) is 30.3 Å². The molecule has 0 saturated heterocycles. The Morgan fingerprint density at radius 2 is 2.00 bits per heavy atom. The van der Waals surface area contributed by atoms with Crippen molar-refractivity contribution in [1.82, 2.24) is 0 Å². The number of nitrogens with two attached hydrogens (primary N) is 1. The second-order valence-corrected chi connectivity index (χ2v) is 5.35. The summed E-state index contributed by atoms with van der Waals surface area (Å²) in [6.45, 7) is 1.90. The van der Waals surface area contributed by atoms with Gasteiger partial charge in [-0.2, -0.15) is 0 Å². The third-order valence-electron chi connectivity index (χ3n) is 3.39. The van der Waals surface area contributed by atoms with E-state index in [1.807, 2.05) is 55.5 Å². The monoisotopic (exact) mass is 298 g/mol. The number of rotatable bonds is 6. The minimum atomic E-state index is -0.0190. The van der Waals surface area contributed by atoms with E-state index in [1.165, 1.54) is 0 Å². The van der Waals surface area contributed by atoms with E-state index in [0.29, 0.717) is 12.8 Å². The van der Waals surface area contributed by atoms with Gasteiger partial charge in [0.05, 0.1) is 7.11 Å². The first kappa shape index (κ1) is 16.0. The Morgan fingerprint density at radius 3 is 2.73 bits per heavy atom. The molecule has 1 amide bonds. The molecular formula is C18H22N2O2. The van der Waals surface area contributed by atoms with E-state index >= 15 is 0 Å². The minimum absolute atomic E-state index is 0.0190. The third kappa shape index (κ3) is 4.33. The number of amides is 1. The van der Waals surface area contributed by atoms with Crippen molar-refractivity contribution in [2.24, 2.45) is 5.73 Å². The van der Waals surface area contributed by atoms with Gasteiger partial charge in [-0.05, 0) is 37.1 Å². The Morgan fingerprint density at radius 1 is 1.23 bits per heavy atom. The van der Waals surface area contributed by atoms with Crippen LogP contribution in [0.15, 0.2) is 48.5 Å². The van der Waals surface area contributed by atoms with Crippen molar-refractivity contribution in [2.75, 3.05) is 12.4 Å². The number of benzene rings is 2. The van der Waals surface area contributed by atoms with Crippen LogP contribution in [0.3, 0.4) is 0 Å². The molecule has 0 saturated carbocycles. The quantitative estimate of drug-likeness (QED) is 0.858. The van der Waals surface area contributed by atoms with Crippen LogP contribution in [0.5, 0.6) is 5.75 Å². The lowest BCUT2D eigenvalue weighted by Crippen LogP contribution is -2.19.